The maximum absolute atomic E-state index is 13.5. The second-order valence-corrected chi connectivity index (χ2v) is 9.04. The van der Waals surface area contributed by atoms with Gasteiger partial charge >= 0.3 is 0 Å². The molecule has 2 aliphatic rings. The summed E-state index contributed by atoms with van der Waals surface area (Å²) in [5.41, 5.74) is 2.17. The summed E-state index contributed by atoms with van der Waals surface area (Å²) in [5.74, 6) is 0.0914. The SMILES string of the molecule is COc1cc(OC)c2c(c1Cl)O[C@@]1(C(=O)C=C(NCc3nc4ccc(C)cc4[nH]3)C[C@H]1C)C2=O. The number of aromatic nitrogens is 2. The van der Waals surface area contributed by atoms with Crippen LogP contribution in [0.25, 0.3) is 11.0 Å². The van der Waals surface area contributed by atoms with E-state index >= 15 is 0 Å². The molecule has 34 heavy (non-hydrogen) atoms. The minimum absolute atomic E-state index is 0.116. The van der Waals surface area contributed by atoms with Crippen LogP contribution < -0.4 is 19.5 Å². The van der Waals surface area contributed by atoms with E-state index in [1.165, 1.54) is 26.4 Å². The van der Waals surface area contributed by atoms with Gasteiger partial charge in [0.05, 0.1) is 31.8 Å². The summed E-state index contributed by atoms with van der Waals surface area (Å²) < 4.78 is 16.7. The Bertz CT molecular complexity index is 1380. The van der Waals surface area contributed by atoms with Crippen LogP contribution in [0, 0.1) is 12.8 Å². The summed E-state index contributed by atoms with van der Waals surface area (Å²) in [6.45, 7) is 4.26. The molecule has 1 aromatic heterocycles. The highest BCUT2D eigenvalue weighted by molar-refractivity contribution is 6.36. The zero-order valence-electron chi connectivity index (χ0n) is 19.2. The van der Waals surface area contributed by atoms with Crippen LogP contribution in [0.3, 0.4) is 0 Å². The molecular formula is C25H24ClN3O5. The number of carbonyl (C=O) groups is 2. The number of methoxy groups -OCH3 is 2. The number of aromatic amines is 1. The zero-order chi connectivity index (χ0) is 24.2. The van der Waals surface area contributed by atoms with Gasteiger partial charge in [-0.05, 0) is 31.0 Å². The van der Waals surface area contributed by atoms with Crippen LogP contribution in [0.1, 0.15) is 35.1 Å². The molecule has 1 aliphatic heterocycles. The molecule has 0 saturated carbocycles. The number of ketones is 2. The third-order valence-corrected chi connectivity index (χ3v) is 6.84. The van der Waals surface area contributed by atoms with E-state index in [1.807, 2.05) is 32.0 Å². The summed E-state index contributed by atoms with van der Waals surface area (Å²) in [6, 6.07) is 7.54. The lowest BCUT2D eigenvalue weighted by Crippen LogP contribution is -2.55. The number of carbonyl (C=O) groups excluding carboxylic acids is 2. The third kappa shape index (κ3) is 3.24. The molecular weight excluding hydrogens is 458 g/mol. The number of benzene rings is 2. The molecule has 0 radical (unpaired) electrons. The van der Waals surface area contributed by atoms with Crippen molar-refractivity contribution < 1.29 is 23.8 Å². The van der Waals surface area contributed by atoms with E-state index in [9.17, 15) is 9.59 Å². The van der Waals surface area contributed by atoms with Gasteiger partial charge in [0.25, 0.3) is 0 Å². The first-order valence-corrected chi connectivity index (χ1v) is 11.3. The summed E-state index contributed by atoms with van der Waals surface area (Å²) in [5, 5.41) is 3.41. The van der Waals surface area contributed by atoms with E-state index in [-0.39, 0.29) is 22.1 Å². The number of allylic oxidation sites excluding steroid dienone is 1. The number of H-pyrrole nitrogens is 1. The van der Waals surface area contributed by atoms with Gasteiger partial charge in [0.2, 0.25) is 17.2 Å². The van der Waals surface area contributed by atoms with E-state index in [4.69, 9.17) is 25.8 Å². The van der Waals surface area contributed by atoms with E-state index in [0.717, 1.165) is 22.4 Å². The number of aryl methyl sites for hydroxylation is 1. The van der Waals surface area contributed by atoms with Crippen molar-refractivity contribution >= 4 is 34.2 Å². The Morgan fingerprint density at radius 2 is 2.00 bits per heavy atom. The van der Waals surface area contributed by atoms with Gasteiger partial charge in [-0.15, -0.1) is 0 Å². The van der Waals surface area contributed by atoms with Crippen LogP contribution in [-0.2, 0) is 11.3 Å². The molecule has 0 saturated heterocycles. The number of imidazole rings is 1. The van der Waals surface area contributed by atoms with Gasteiger partial charge in [0.1, 0.15) is 27.9 Å². The zero-order valence-corrected chi connectivity index (χ0v) is 20.0. The van der Waals surface area contributed by atoms with Crippen molar-refractivity contribution in [2.75, 3.05) is 14.2 Å². The van der Waals surface area contributed by atoms with Crippen molar-refractivity contribution in [1.82, 2.24) is 15.3 Å². The fourth-order valence-corrected chi connectivity index (χ4v) is 4.97. The first kappa shape index (κ1) is 22.3. The number of halogens is 1. The summed E-state index contributed by atoms with van der Waals surface area (Å²) >= 11 is 6.43. The predicted octanol–water partition coefficient (Wildman–Crippen LogP) is 4.14. The molecule has 9 heteroatoms. The smallest absolute Gasteiger partial charge is 0.236 e. The lowest BCUT2D eigenvalue weighted by molar-refractivity contribution is -0.129. The van der Waals surface area contributed by atoms with Crippen LogP contribution in [0.5, 0.6) is 17.2 Å². The molecule has 3 aromatic rings. The van der Waals surface area contributed by atoms with Gasteiger partial charge in [-0.25, -0.2) is 4.98 Å². The van der Waals surface area contributed by atoms with Crippen molar-refractivity contribution in [2.24, 2.45) is 5.92 Å². The first-order valence-electron chi connectivity index (χ1n) is 10.9. The molecule has 2 heterocycles. The Morgan fingerprint density at radius 3 is 2.71 bits per heavy atom. The second kappa shape index (κ2) is 8.06. The van der Waals surface area contributed by atoms with Crippen LogP contribution >= 0.6 is 11.6 Å². The fourth-order valence-electron chi connectivity index (χ4n) is 4.71. The predicted molar refractivity (Wildman–Crippen MR) is 127 cm³/mol. The molecule has 0 amide bonds. The number of hydrogen-bond acceptors (Lipinski definition) is 7. The Balaban J connectivity index is 1.42. The van der Waals surface area contributed by atoms with E-state index < -0.39 is 23.1 Å². The molecule has 0 fully saturated rings. The first-order chi connectivity index (χ1) is 16.3. The molecule has 8 nitrogen and oxygen atoms in total. The van der Waals surface area contributed by atoms with Crippen molar-refractivity contribution in [3.05, 3.63) is 58.0 Å². The number of nitrogens with one attached hydrogen (secondary N) is 2. The van der Waals surface area contributed by atoms with Gasteiger partial charge in [0, 0.05) is 23.8 Å². The van der Waals surface area contributed by atoms with Crippen molar-refractivity contribution in [3.8, 4) is 17.2 Å². The molecule has 176 valence electrons. The molecule has 0 unspecified atom stereocenters. The van der Waals surface area contributed by atoms with Gasteiger partial charge in [0.15, 0.2) is 5.75 Å². The standard InChI is InChI=1S/C25H24ClN3O5/c1-12-5-6-15-16(7-12)29-20(28-15)11-27-14-8-13(2)25(19(30)9-14)24(31)21-17(32-3)10-18(33-4)22(26)23(21)34-25/h5-7,9-10,13,27H,8,11H2,1-4H3,(H,28,29)/t13-,25+/m1/s1. The van der Waals surface area contributed by atoms with Crippen molar-refractivity contribution in [3.63, 3.8) is 0 Å². The Morgan fingerprint density at radius 1 is 1.24 bits per heavy atom. The molecule has 1 spiro atoms. The number of nitrogens with zero attached hydrogens (tertiary/aromatic N) is 1. The average Bonchev–Trinajstić information content (AvgIpc) is 3.36. The summed E-state index contributed by atoms with van der Waals surface area (Å²) in [4.78, 5) is 34.8. The van der Waals surface area contributed by atoms with Gasteiger partial charge < -0.3 is 24.5 Å². The monoisotopic (exact) mass is 481 g/mol. The summed E-state index contributed by atoms with van der Waals surface area (Å²) in [7, 11) is 2.90. The third-order valence-electron chi connectivity index (χ3n) is 6.48. The quantitative estimate of drug-likeness (QED) is 0.528. The normalized spacial score (nSPS) is 21.4. The van der Waals surface area contributed by atoms with Crippen LogP contribution in [0.15, 0.2) is 36.0 Å². The lowest BCUT2D eigenvalue weighted by atomic mass is 9.74. The maximum Gasteiger partial charge on any atom is 0.236 e. The molecule has 0 bridgehead atoms. The van der Waals surface area contributed by atoms with Crippen LogP contribution in [0.2, 0.25) is 5.02 Å². The number of rotatable bonds is 5. The largest absolute Gasteiger partial charge is 0.496 e. The van der Waals surface area contributed by atoms with Gasteiger partial charge in [-0.2, -0.15) is 0 Å². The Hall–Kier alpha value is -3.52. The molecule has 2 N–H and O–H groups in total. The number of hydrogen-bond donors (Lipinski definition) is 2. The van der Waals surface area contributed by atoms with E-state index in [2.05, 4.69) is 15.3 Å². The molecule has 5 rings (SSSR count). The number of Topliss-reactive ketones (excluding diaryl/α,β-unsaturated/α-hetero) is 1. The van der Waals surface area contributed by atoms with E-state index in [0.29, 0.717) is 24.4 Å². The molecule has 1 aliphatic carbocycles. The molecule has 2 aromatic carbocycles. The van der Waals surface area contributed by atoms with Crippen LogP contribution in [0.4, 0.5) is 0 Å². The van der Waals surface area contributed by atoms with Crippen molar-refractivity contribution in [1.29, 1.82) is 0 Å². The highest BCUT2D eigenvalue weighted by atomic mass is 35.5. The lowest BCUT2D eigenvalue weighted by Gasteiger charge is -2.35. The van der Waals surface area contributed by atoms with Crippen LogP contribution in [-0.4, -0.2) is 41.4 Å². The van der Waals surface area contributed by atoms with Crippen molar-refractivity contribution in [2.45, 2.75) is 32.4 Å². The van der Waals surface area contributed by atoms with Gasteiger partial charge in [-0.3, -0.25) is 9.59 Å². The highest BCUT2D eigenvalue weighted by Crippen LogP contribution is 2.52. The fraction of sp³-hybridized carbons (Fsp3) is 0.320. The van der Waals surface area contributed by atoms with E-state index in [1.54, 1.807) is 0 Å². The minimum Gasteiger partial charge on any atom is -0.496 e. The summed E-state index contributed by atoms with van der Waals surface area (Å²) in [6.07, 6.45) is 1.87. The average molecular weight is 482 g/mol. The maximum atomic E-state index is 13.5. The Kier molecular flexibility index (Phi) is 5.28. The number of ether oxygens (including phenoxy) is 3. The minimum atomic E-state index is -1.69. The van der Waals surface area contributed by atoms with Gasteiger partial charge in [-0.1, -0.05) is 24.6 Å². The highest BCUT2D eigenvalue weighted by Gasteiger charge is 2.60. The Labute approximate surface area is 201 Å². The number of fused-ring (bicyclic) bond motifs is 2. The topological polar surface area (TPSA) is 103 Å². The molecule has 2 atom stereocenters. The second-order valence-electron chi connectivity index (χ2n) is 8.66.